The average molecular weight is 255 g/mol. The molecule has 0 saturated heterocycles. The number of nitrogens with zero attached hydrogens (tertiary/aromatic N) is 1. The molecule has 0 bridgehead atoms. The number of aromatic nitrogens is 1. The number of nitrogens with two attached hydrogens (primary N) is 1. The van der Waals surface area contributed by atoms with Gasteiger partial charge in [0.05, 0.1) is 5.56 Å². The molecule has 2 N–H and O–H groups in total. The fraction of sp³-hybridized carbons (Fsp3) is 0.286. The summed E-state index contributed by atoms with van der Waals surface area (Å²) in [5.74, 6) is -1.18. The quantitative estimate of drug-likeness (QED) is 0.824. The average Bonchev–Trinajstić information content (AvgIpc) is 2.01. The van der Waals surface area contributed by atoms with Crippen molar-refractivity contribution in [3.05, 3.63) is 27.7 Å². The van der Waals surface area contributed by atoms with Crippen LogP contribution in [-0.2, 0) is 6.54 Å². The Labute approximate surface area is 81.1 Å². The number of halogens is 4. The SMILES string of the molecule is NCc1cc(Br)nc(F)c1C(F)F. The van der Waals surface area contributed by atoms with Gasteiger partial charge in [-0.15, -0.1) is 0 Å². The highest BCUT2D eigenvalue weighted by atomic mass is 79.9. The maximum Gasteiger partial charge on any atom is 0.268 e. The summed E-state index contributed by atoms with van der Waals surface area (Å²) >= 11 is 2.89. The first-order valence-corrected chi connectivity index (χ1v) is 4.18. The van der Waals surface area contributed by atoms with Gasteiger partial charge in [-0.1, -0.05) is 0 Å². The van der Waals surface area contributed by atoms with Gasteiger partial charge in [0.1, 0.15) is 4.60 Å². The second kappa shape index (κ2) is 4.06. The van der Waals surface area contributed by atoms with Gasteiger partial charge in [0.2, 0.25) is 5.95 Å². The van der Waals surface area contributed by atoms with E-state index in [1.807, 2.05) is 0 Å². The van der Waals surface area contributed by atoms with Crippen LogP contribution in [-0.4, -0.2) is 4.98 Å². The number of hydrogen-bond donors (Lipinski definition) is 1. The zero-order valence-electron chi connectivity index (χ0n) is 6.40. The standard InChI is InChI=1S/C7H6BrF3N2/c8-4-1-3(2-12)5(6(9)10)7(11)13-4/h1,6H,2,12H2. The van der Waals surface area contributed by atoms with Crippen LogP contribution in [0.2, 0.25) is 0 Å². The van der Waals surface area contributed by atoms with E-state index in [0.717, 1.165) is 0 Å². The highest BCUT2D eigenvalue weighted by Gasteiger charge is 2.19. The molecule has 0 unspecified atom stereocenters. The third kappa shape index (κ3) is 2.19. The Morgan fingerprint density at radius 1 is 1.54 bits per heavy atom. The van der Waals surface area contributed by atoms with Gasteiger partial charge in [0, 0.05) is 6.54 Å². The maximum atomic E-state index is 12.9. The summed E-state index contributed by atoms with van der Waals surface area (Å²) in [7, 11) is 0. The zero-order valence-corrected chi connectivity index (χ0v) is 7.98. The third-order valence-electron chi connectivity index (χ3n) is 1.50. The van der Waals surface area contributed by atoms with E-state index < -0.39 is 17.9 Å². The fourth-order valence-corrected chi connectivity index (χ4v) is 1.37. The molecule has 1 aromatic heterocycles. The molecule has 0 atom stereocenters. The summed E-state index contributed by atoms with van der Waals surface area (Å²) in [5, 5.41) is 0. The predicted octanol–water partition coefficient (Wildman–Crippen LogP) is 2.38. The van der Waals surface area contributed by atoms with Crippen molar-refractivity contribution < 1.29 is 13.2 Å². The first-order chi connectivity index (χ1) is 6.06. The molecule has 0 aliphatic heterocycles. The Hall–Kier alpha value is -0.620. The molecule has 1 aromatic rings. The lowest BCUT2D eigenvalue weighted by molar-refractivity contribution is 0.143. The normalized spacial score (nSPS) is 10.9. The molecule has 0 aromatic carbocycles. The first kappa shape index (κ1) is 10.5. The van der Waals surface area contributed by atoms with Crippen LogP contribution >= 0.6 is 15.9 Å². The predicted molar refractivity (Wildman–Crippen MR) is 44.7 cm³/mol. The highest BCUT2D eigenvalue weighted by molar-refractivity contribution is 9.10. The molecule has 0 radical (unpaired) electrons. The minimum absolute atomic E-state index is 0.0642. The van der Waals surface area contributed by atoms with Crippen molar-refractivity contribution in [2.75, 3.05) is 0 Å². The minimum Gasteiger partial charge on any atom is -0.326 e. The Bertz CT molecular complexity index is 317. The lowest BCUT2D eigenvalue weighted by atomic mass is 10.1. The van der Waals surface area contributed by atoms with E-state index in [9.17, 15) is 13.2 Å². The fourth-order valence-electron chi connectivity index (χ4n) is 0.939. The molecule has 0 saturated carbocycles. The number of pyridine rings is 1. The van der Waals surface area contributed by atoms with E-state index in [2.05, 4.69) is 20.9 Å². The van der Waals surface area contributed by atoms with Crippen LogP contribution in [0.5, 0.6) is 0 Å². The molecular formula is C7H6BrF3N2. The Balaban J connectivity index is 3.30. The van der Waals surface area contributed by atoms with Crippen molar-refractivity contribution in [3.8, 4) is 0 Å². The summed E-state index contributed by atoms with van der Waals surface area (Å²) in [4.78, 5) is 3.22. The van der Waals surface area contributed by atoms with Gasteiger partial charge >= 0.3 is 0 Å². The van der Waals surface area contributed by atoms with Crippen molar-refractivity contribution in [3.63, 3.8) is 0 Å². The monoisotopic (exact) mass is 254 g/mol. The van der Waals surface area contributed by atoms with Crippen LogP contribution in [0.3, 0.4) is 0 Å². The van der Waals surface area contributed by atoms with E-state index in [1.165, 1.54) is 6.07 Å². The Morgan fingerprint density at radius 2 is 2.15 bits per heavy atom. The smallest absolute Gasteiger partial charge is 0.268 e. The summed E-state index contributed by atoms with van der Waals surface area (Å²) in [5.41, 5.74) is 4.52. The van der Waals surface area contributed by atoms with Crippen LogP contribution in [0, 0.1) is 5.95 Å². The molecule has 6 heteroatoms. The Kier molecular flexibility index (Phi) is 3.27. The van der Waals surface area contributed by atoms with E-state index in [0.29, 0.717) is 0 Å². The summed E-state index contributed by atoms with van der Waals surface area (Å²) < 4.78 is 37.5. The van der Waals surface area contributed by atoms with Crippen LogP contribution in [0.1, 0.15) is 17.6 Å². The topological polar surface area (TPSA) is 38.9 Å². The van der Waals surface area contributed by atoms with Gasteiger partial charge in [0.15, 0.2) is 0 Å². The third-order valence-corrected chi connectivity index (χ3v) is 1.91. The largest absolute Gasteiger partial charge is 0.326 e. The second-order valence-electron chi connectivity index (χ2n) is 2.31. The highest BCUT2D eigenvalue weighted by Crippen LogP contribution is 2.26. The number of alkyl halides is 2. The zero-order chi connectivity index (χ0) is 10.0. The van der Waals surface area contributed by atoms with Crippen LogP contribution < -0.4 is 5.73 Å². The van der Waals surface area contributed by atoms with Gasteiger partial charge in [-0.25, -0.2) is 13.8 Å². The molecule has 0 aliphatic rings. The molecule has 0 fully saturated rings. The Morgan fingerprint density at radius 3 is 2.62 bits per heavy atom. The first-order valence-electron chi connectivity index (χ1n) is 3.39. The van der Waals surface area contributed by atoms with Gasteiger partial charge in [-0.2, -0.15) is 4.39 Å². The van der Waals surface area contributed by atoms with Gasteiger partial charge in [-0.05, 0) is 27.6 Å². The van der Waals surface area contributed by atoms with Crippen molar-refractivity contribution in [1.29, 1.82) is 0 Å². The van der Waals surface area contributed by atoms with E-state index in [4.69, 9.17) is 5.73 Å². The van der Waals surface area contributed by atoms with E-state index in [1.54, 1.807) is 0 Å². The van der Waals surface area contributed by atoms with Crippen molar-refractivity contribution >= 4 is 15.9 Å². The lowest BCUT2D eigenvalue weighted by Crippen LogP contribution is -2.06. The minimum atomic E-state index is -2.89. The molecule has 0 aliphatic carbocycles. The van der Waals surface area contributed by atoms with E-state index in [-0.39, 0.29) is 16.7 Å². The van der Waals surface area contributed by atoms with Gasteiger partial charge in [0.25, 0.3) is 6.43 Å². The summed E-state index contributed by atoms with van der Waals surface area (Å²) in [6.45, 7) is -0.141. The van der Waals surface area contributed by atoms with Crippen LogP contribution in [0.4, 0.5) is 13.2 Å². The molecule has 13 heavy (non-hydrogen) atoms. The molecule has 1 rings (SSSR count). The van der Waals surface area contributed by atoms with Crippen molar-refractivity contribution in [1.82, 2.24) is 4.98 Å². The van der Waals surface area contributed by atoms with Crippen LogP contribution in [0.25, 0.3) is 0 Å². The molecule has 0 spiro atoms. The second-order valence-corrected chi connectivity index (χ2v) is 3.13. The van der Waals surface area contributed by atoms with Crippen molar-refractivity contribution in [2.45, 2.75) is 13.0 Å². The maximum absolute atomic E-state index is 12.9. The molecule has 0 amide bonds. The number of hydrogen-bond acceptors (Lipinski definition) is 2. The summed E-state index contributed by atoms with van der Waals surface area (Å²) in [6, 6.07) is 1.28. The lowest BCUT2D eigenvalue weighted by Gasteiger charge is -2.07. The number of rotatable bonds is 2. The van der Waals surface area contributed by atoms with Gasteiger partial charge in [-0.3, -0.25) is 0 Å². The van der Waals surface area contributed by atoms with Crippen LogP contribution in [0.15, 0.2) is 10.7 Å². The summed E-state index contributed by atoms with van der Waals surface area (Å²) in [6.07, 6.45) is -2.89. The van der Waals surface area contributed by atoms with Crippen molar-refractivity contribution in [2.24, 2.45) is 5.73 Å². The molecule has 1 heterocycles. The van der Waals surface area contributed by atoms with E-state index >= 15 is 0 Å². The van der Waals surface area contributed by atoms with Gasteiger partial charge < -0.3 is 5.73 Å². The molecule has 72 valence electrons. The molecule has 2 nitrogen and oxygen atoms in total. The molecular weight excluding hydrogens is 249 g/mol.